The van der Waals surface area contributed by atoms with Gasteiger partial charge in [0.2, 0.25) is 5.91 Å². The van der Waals surface area contributed by atoms with E-state index in [0.29, 0.717) is 26.4 Å². The monoisotopic (exact) mass is 522 g/mol. The van der Waals surface area contributed by atoms with Crippen molar-refractivity contribution in [2.24, 2.45) is 10.8 Å². The number of ether oxygens (including phenoxy) is 4. The highest BCUT2D eigenvalue weighted by molar-refractivity contribution is 5.86. The topological polar surface area (TPSA) is 112 Å². The van der Waals surface area contributed by atoms with Crippen LogP contribution in [-0.2, 0) is 35.1 Å². The number of esters is 1. The van der Waals surface area contributed by atoms with E-state index in [0.717, 1.165) is 5.56 Å². The molecule has 0 radical (unpaired) electrons. The lowest BCUT2D eigenvalue weighted by Gasteiger charge is -2.29. The molecule has 1 aromatic rings. The first-order chi connectivity index (χ1) is 17.1. The summed E-state index contributed by atoms with van der Waals surface area (Å²) in [5.41, 5.74) is -0.336. The molecule has 37 heavy (non-hydrogen) atoms. The van der Waals surface area contributed by atoms with Crippen LogP contribution in [0.3, 0.4) is 0 Å². The molecule has 0 bridgehead atoms. The van der Waals surface area contributed by atoms with Gasteiger partial charge >= 0.3 is 12.1 Å². The summed E-state index contributed by atoms with van der Waals surface area (Å²) >= 11 is 0. The smallest absolute Gasteiger partial charge is 0.408 e. The number of methoxy groups -OCH3 is 1. The van der Waals surface area contributed by atoms with Gasteiger partial charge in [-0.15, -0.1) is 0 Å². The molecule has 9 heteroatoms. The lowest BCUT2D eigenvalue weighted by molar-refractivity contribution is -0.145. The Bertz CT molecular complexity index is 848. The van der Waals surface area contributed by atoms with E-state index in [1.54, 1.807) is 27.9 Å². The average Bonchev–Trinajstić information content (AvgIpc) is 2.78. The molecular weight excluding hydrogens is 476 g/mol. The SMILES string of the molecule is COCC(C)(C)COCC(C)(C)CNC(=O)[C@H](CCC(=O)OCc1ccccc1)NC(=O)OC(C)(C)C. The number of amides is 2. The number of hydrogen-bond acceptors (Lipinski definition) is 7. The van der Waals surface area contributed by atoms with Crippen LogP contribution in [0.15, 0.2) is 30.3 Å². The highest BCUT2D eigenvalue weighted by Crippen LogP contribution is 2.20. The summed E-state index contributed by atoms with van der Waals surface area (Å²) < 4.78 is 21.7. The quantitative estimate of drug-likeness (QED) is 0.332. The molecule has 210 valence electrons. The van der Waals surface area contributed by atoms with Crippen LogP contribution in [0.2, 0.25) is 0 Å². The summed E-state index contributed by atoms with van der Waals surface area (Å²) in [5.74, 6) is -0.866. The minimum Gasteiger partial charge on any atom is -0.461 e. The number of rotatable bonds is 15. The number of alkyl carbamates (subject to hydrolysis) is 1. The van der Waals surface area contributed by atoms with Crippen molar-refractivity contribution in [1.29, 1.82) is 0 Å². The van der Waals surface area contributed by atoms with Crippen LogP contribution in [-0.4, -0.2) is 63.1 Å². The molecule has 0 saturated heterocycles. The van der Waals surface area contributed by atoms with E-state index in [-0.39, 0.29) is 30.3 Å². The van der Waals surface area contributed by atoms with Gasteiger partial charge in [-0.05, 0) is 32.8 Å². The third-order valence-electron chi connectivity index (χ3n) is 5.15. The van der Waals surface area contributed by atoms with Crippen molar-refractivity contribution in [1.82, 2.24) is 10.6 Å². The molecule has 1 atom stereocenters. The highest BCUT2D eigenvalue weighted by atomic mass is 16.6. The summed E-state index contributed by atoms with van der Waals surface area (Å²) in [7, 11) is 1.66. The first-order valence-electron chi connectivity index (χ1n) is 12.7. The molecule has 0 heterocycles. The summed E-state index contributed by atoms with van der Waals surface area (Å²) in [6, 6.07) is 8.36. The van der Waals surface area contributed by atoms with E-state index in [4.69, 9.17) is 18.9 Å². The second kappa shape index (κ2) is 14.9. The fourth-order valence-electron chi connectivity index (χ4n) is 3.33. The van der Waals surface area contributed by atoms with Crippen LogP contribution in [0.1, 0.15) is 66.9 Å². The van der Waals surface area contributed by atoms with Gasteiger partial charge in [-0.2, -0.15) is 0 Å². The van der Waals surface area contributed by atoms with Gasteiger partial charge in [0.05, 0.1) is 19.8 Å². The largest absolute Gasteiger partial charge is 0.461 e. The van der Waals surface area contributed by atoms with Crippen LogP contribution in [0.25, 0.3) is 0 Å². The zero-order valence-electron chi connectivity index (χ0n) is 23.8. The molecule has 1 aromatic carbocycles. The van der Waals surface area contributed by atoms with E-state index in [1.807, 2.05) is 44.2 Å². The third-order valence-corrected chi connectivity index (χ3v) is 5.15. The predicted octanol–water partition coefficient (Wildman–Crippen LogP) is 4.23. The normalized spacial score (nSPS) is 13.0. The van der Waals surface area contributed by atoms with Gasteiger partial charge in [0.1, 0.15) is 18.2 Å². The highest BCUT2D eigenvalue weighted by Gasteiger charge is 2.28. The predicted molar refractivity (Wildman–Crippen MR) is 142 cm³/mol. The lowest BCUT2D eigenvalue weighted by atomic mass is 9.93. The molecule has 0 aliphatic rings. The van der Waals surface area contributed by atoms with Crippen molar-refractivity contribution < 1.29 is 33.3 Å². The Morgan fingerprint density at radius 3 is 2.11 bits per heavy atom. The molecule has 9 nitrogen and oxygen atoms in total. The maximum absolute atomic E-state index is 13.0. The van der Waals surface area contributed by atoms with Gasteiger partial charge in [-0.1, -0.05) is 58.0 Å². The van der Waals surface area contributed by atoms with Crippen molar-refractivity contribution in [3.8, 4) is 0 Å². The molecule has 0 aliphatic carbocycles. The van der Waals surface area contributed by atoms with Crippen LogP contribution in [0, 0.1) is 10.8 Å². The van der Waals surface area contributed by atoms with E-state index in [1.165, 1.54) is 0 Å². The second-order valence-electron chi connectivity index (χ2n) is 11.9. The van der Waals surface area contributed by atoms with Gasteiger partial charge in [-0.3, -0.25) is 9.59 Å². The number of carbonyl (C=O) groups excluding carboxylic acids is 3. The first-order valence-corrected chi connectivity index (χ1v) is 12.7. The summed E-state index contributed by atoms with van der Waals surface area (Å²) in [6.07, 6.45) is -0.698. The Labute approximate surface area is 221 Å². The van der Waals surface area contributed by atoms with Crippen LogP contribution in [0.4, 0.5) is 4.79 Å². The number of nitrogens with one attached hydrogen (secondary N) is 2. The third kappa shape index (κ3) is 15.3. The maximum atomic E-state index is 13.0. The summed E-state index contributed by atoms with van der Waals surface area (Å²) in [5, 5.41) is 5.47. The maximum Gasteiger partial charge on any atom is 0.408 e. The molecule has 0 aromatic heterocycles. The number of carbonyl (C=O) groups is 3. The summed E-state index contributed by atoms with van der Waals surface area (Å²) in [6.45, 7) is 15.3. The van der Waals surface area contributed by atoms with Crippen LogP contribution >= 0.6 is 0 Å². The molecule has 0 saturated carbocycles. The minimum absolute atomic E-state index is 0.0399. The molecule has 0 aliphatic heterocycles. The zero-order valence-corrected chi connectivity index (χ0v) is 23.8. The average molecular weight is 523 g/mol. The van der Waals surface area contributed by atoms with Crippen molar-refractivity contribution in [3.05, 3.63) is 35.9 Å². The fourth-order valence-corrected chi connectivity index (χ4v) is 3.33. The van der Waals surface area contributed by atoms with Crippen molar-refractivity contribution >= 4 is 18.0 Å². The summed E-state index contributed by atoms with van der Waals surface area (Å²) in [4.78, 5) is 37.7. The van der Waals surface area contributed by atoms with Gasteiger partial charge < -0.3 is 29.6 Å². The van der Waals surface area contributed by atoms with Crippen molar-refractivity contribution in [2.75, 3.05) is 33.5 Å². The Morgan fingerprint density at radius 1 is 0.892 bits per heavy atom. The molecule has 0 fully saturated rings. The molecule has 2 N–H and O–H groups in total. The first kappa shape index (κ1) is 32.4. The number of benzene rings is 1. The molecule has 1 rings (SSSR count). The Hall–Kier alpha value is -2.65. The number of hydrogen-bond donors (Lipinski definition) is 2. The zero-order chi connectivity index (χ0) is 28.1. The van der Waals surface area contributed by atoms with Crippen molar-refractivity contribution in [3.63, 3.8) is 0 Å². The van der Waals surface area contributed by atoms with E-state index in [2.05, 4.69) is 24.5 Å². The Balaban J connectivity index is 2.67. The van der Waals surface area contributed by atoms with Crippen LogP contribution in [0.5, 0.6) is 0 Å². The van der Waals surface area contributed by atoms with E-state index < -0.39 is 29.6 Å². The molecule has 0 unspecified atom stereocenters. The van der Waals surface area contributed by atoms with Gasteiger partial charge in [0.15, 0.2) is 0 Å². The lowest BCUT2D eigenvalue weighted by Crippen LogP contribution is -2.50. The van der Waals surface area contributed by atoms with Gasteiger partial charge in [-0.25, -0.2) is 4.79 Å². The van der Waals surface area contributed by atoms with E-state index in [9.17, 15) is 14.4 Å². The molecule has 0 spiro atoms. The molecule has 2 amide bonds. The standard InChI is InChI=1S/C28H46N2O7/c1-26(2,3)37-25(33)30-22(14-15-23(31)36-16-21-12-10-9-11-13-21)24(32)29-17-27(4,5)19-35-20-28(6,7)18-34-8/h9-13,22H,14-20H2,1-8H3,(H,29,32)(H,30,33)/t22-/m0/s1. The van der Waals surface area contributed by atoms with Gasteiger partial charge in [0.25, 0.3) is 0 Å². The van der Waals surface area contributed by atoms with E-state index >= 15 is 0 Å². The van der Waals surface area contributed by atoms with Crippen molar-refractivity contribution in [2.45, 2.75) is 79.6 Å². The molecular formula is C28H46N2O7. The fraction of sp³-hybridized carbons (Fsp3) is 0.679. The van der Waals surface area contributed by atoms with Gasteiger partial charge in [0, 0.05) is 30.9 Å². The second-order valence-corrected chi connectivity index (χ2v) is 11.9. The van der Waals surface area contributed by atoms with Crippen LogP contribution < -0.4 is 10.6 Å². The Kier molecular flexibility index (Phi) is 13.1. The Morgan fingerprint density at radius 2 is 1.51 bits per heavy atom. The minimum atomic E-state index is -0.962.